The largest absolute Gasteiger partial charge is 0.383 e. The average Bonchev–Trinajstić information content (AvgIpc) is 2.20. The number of anilines is 1. The summed E-state index contributed by atoms with van der Waals surface area (Å²) in [6, 6.07) is 4.18. The van der Waals surface area contributed by atoms with Gasteiger partial charge in [0.1, 0.15) is 0 Å². The van der Waals surface area contributed by atoms with Crippen LogP contribution in [0.5, 0.6) is 0 Å². The minimum Gasteiger partial charge on any atom is -0.383 e. The van der Waals surface area contributed by atoms with Crippen molar-refractivity contribution in [1.82, 2.24) is 5.32 Å². The fourth-order valence-corrected chi connectivity index (χ4v) is 2.22. The maximum atomic E-state index is 11.5. The predicted molar refractivity (Wildman–Crippen MR) is 77.3 cm³/mol. The van der Waals surface area contributed by atoms with Crippen molar-refractivity contribution in [3.05, 3.63) is 28.3 Å². The van der Waals surface area contributed by atoms with Gasteiger partial charge in [-0.25, -0.2) is 0 Å². The number of aryl methyl sites for hydroxylation is 2. The minimum atomic E-state index is 0.0541. The molecule has 4 heteroatoms. The Bertz CT molecular complexity index is 407. The molecule has 2 N–H and O–H groups in total. The second-order valence-electron chi connectivity index (χ2n) is 4.84. The summed E-state index contributed by atoms with van der Waals surface area (Å²) >= 11 is 6.17. The van der Waals surface area contributed by atoms with Crippen molar-refractivity contribution in [3.8, 4) is 0 Å². The Balaban J connectivity index is 2.52. The van der Waals surface area contributed by atoms with Crippen molar-refractivity contribution in [2.24, 2.45) is 0 Å². The van der Waals surface area contributed by atoms with Crippen LogP contribution < -0.4 is 10.6 Å². The molecule has 3 nitrogen and oxygen atoms in total. The molecule has 1 aromatic carbocycles. The highest BCUT2D eigenvalue weighted by atomic mass is 35.5. The molecule has 1 rings (SSSR count). The molecule has 0 heterocycles. The third-order valence-corrected chi connectivity index (χ3v) is 2.83. The number of carbonyl (C=O) groups excluding carboxylic acids is 1. The van der Waals surface area contributed by atoms with Gasteiger partial charge in [0.25, 0.3) is 0 Å². The van der Waals surface area contributed by atoms with Crippen LogP contribution in [0.15, 0.2) is 12.1 Å². The zero-order chi connectivity index (χ0) is 13.7. The number of hydrogen-bond acceptors (Lipinski definition) is 2. The van der Waals surface area contributed by atoms with Crippen LogP contribution in [0.25, 0.3) is 0 Å². The molecule has 0 aliphatic rings. The van der Waals surface area contributed by atoms with Gasteiger partial charge in [0.15, 0.2) is 0 Å². The number of amides is 1. The third-order valence-electron chi connectivity index (χ3n) is 2.54. The lowest BCUT2D eigenvalue weighted by Crippen LogP contribution is -2.31. The fraction of sp³-hybridized carbons (Fsp3) is 0.500. The molecule has 0 spiro atoms. The molecular formula is C14H21ClN2O. The van der Waals surface area contributed by atoms with Crippen LogP contribution in [0.2, 0.25) is 5.02 Å². The van der Waals surface area contributed by atoms with Crippen LogP contribution in [0, 0.1) is 13.8 Å². The van der Waals surface area contributed by atoms with Gasteiger partial charge < -0.3 is 10.6 Å². The second kappa shape index (κ2) is 6.64. The Morgan fingerprint density at radius 2 is 2.00 bits per heavy atom. The Hall–Kier alpha value is -1.22. The second-order valence-corrected chi connectivity index (χ2v) is 5.24. The number of carbonyl (C=O) groups is 1. The molecule has 0 aliphatic carbocycles. The summed E-state index contributed by atoms with van der Waals surface area (Å²) < 4.78 is 0. The van der Waals surface area contributed by atoms with Crippen molar-refractivity contribution in [2.75, 3.05) is 11.9 Å². The van der Waals surface area contributed by atoms with Crippen LogP contribution in [0.1, 0.15) is 31.4 Å². The highest BCUT2D eigenvalue weighted by Crippen LogP contribution is 2.27. The summed E-state index contributed by atoms with van der Waals surface area (Å²) in [5.41, 5.74) is 3.16. The predicted octanol–water partition coefficient (Wildman–Crippen LogP) is 3.28. The number of rotatable bonds is 5. The van der Waals surface area contributed by atoms with Gasteiger partial charge in [-0.1, -0.05) is 17.7 Å². The fourth-order valence-electron chi connectivity index (χ4n) is 1.83. The maximum Gasteiger partial charge on any atom is 0.221 e. The summed E-state index contributed by atoms with van der Waals surface area (Å²) in [5.74, 6) is 0.0541. The van der Waals surface area contributed by atoms with Crippen molar-refractivity contribution in [3.63, 3.8) is 0 Å². The lowest BCUT2D eigenvalue weighted by Gasteiger charge is -2.13. The summed E-state index contributed by atoms with van der Waals surface area (Å²) in [6.45, 7) is 8.51. The SMILES string of the molecule is Cc1cc(C)c(NCCC(=O)NC(C)C)c(Cl)c1. The lowest BCUT2D eigenvalue weighted by molar-refractivity contribution is -0.121. The highest BCUT2D eigenvalue weighted by molar-refractivity contribution is 6.33. The van der Waals surface area contributed by atoms with E-state index in [0.717, 1.165) is 16.8 Å². The Morgan fingerprint density at radius 3 is 2.56 bits per heavy atom. The van der Waals surface area contributed by atoms with Crippen LogP contribution in [0.3, 0.4) is 0 Å². The number of nitrogens with one attached hydrogen (secondary N) is 2. The van der Waals surface area contributed by atoms with E-state index >= 15 is 0 Å². The van der Waals surface area contributed by atoms with E-state index in [9.17, 15) is 4.79 Å². The van der Waals surface area contributed by atoms with Gasteiger partial charge in [0.2, 0.25) is 5.91 Å². The van der Waals surface area contributed by atoms with Crippen LogP contribution in [0.4, 0.5) is 5.69 Å². The van der Waals surface area contributed by atoms with Gasteiger partial charge in [-0.05, 0) is 44.9 Å². The van der Waals surface area contributed by atoms with Gasteiger partial charge in [-0.15, -0.1) is 0 Å². The quantitative estimate of drug-likeness (QED) is 0.860. The third kappa shape index (κ3) is 4.57. The maximum absolute atomic E-state index is 11.5. The normalized spacial score (nSPS) is 10.6. The Morgan fingerprint density at radius 1 is 1.33 bits per heavy atom. The van der Waals surface area contributed by atoms with Crippen LogP contribution in [-0.2, 0) is 4.79 Å². The monoisotopic (exact) mass is 268 g/mol. The summed E-state index contributed by atoms with van der Waals surface area (Å²) in [5, 5.41) is 6.78. The average molecular weight is 269 g/mol. The molecule has 0 saturated heterocycles. The first kappa shape index (κ1) is 14.8. The summed E-state index contributed by atoms with van der Waals surface area (Å²) in [7, 11) is 0. The number of halogens is 1. The van der Waals surface area contributed by atoms with E-state index in [0.29, 0.717) is 18.0 Å². The minimum absolute atomic E-state index is 0.0541. The molecule has 0 bridgehead atoms. The van der Waals surface area contributed by atoms with E-state index in [-0.39, 0.29) is 11.9 Å². The standard InChI is InChI=1S/C14H21ClN2O/c1-9(2)17-13(18)5-6-16-14-11(4)7-10(3)8-12(14)15/h7-9,16H,5-6H2,1-4H3,(H,17,18). The van der Waals surface area contributed by atoms with Crippen LogP contribution >= 0.6 is 11.6 Å². The number of hydrogen-bond donors (Lipinski definition) is 2. The molecule has 0 saturated carbocycles. The number of benzene rings is 1. The molecule has 0 fully saturated rings. The lowest BCUT2D eigenvalue weighted by atomic mass is 10.1. The van der Waals surface area contributed by atoms with Gasteiger partial charge in [0, 0.05) is 19.0 Å². The van der Waals surface area contributed by atoms with Gasteiger partial charge >= 0.3 is 0 Å². The zero-order valence-electron chi connectivity index (χ0n) is 11.4. The molecular weight excluding hydrogens is 248 g/mol. The molecule has 1 amide bonds. The van der Waals surface area contributed by atoms with Gasteiger partial charge in [-0.3, -0.25) is 4.79 Å². The molecule has 0 atom stereocenters. The molecule has 1 aromatic rings. The highest BCUT2D eigenvalue weighted by Gasteiger charge is 2.06. The first-order valence-corrected chi connectivity index (χ1v) is 6.58. The van der Waals surface area contributed by atoms with E-state index in [4.69, 9.17) is 11.6 Å². The van der Waals surface area contributed by atoms with Gasteiger partial charge in [0.05, 0.1) is 10.7 Å². The molecule has 0 aromatic heterocycles. The zero-order valence-corrected chi connectivity index (χ0v) is 12.2. The molecule has 100 valence electrons. The van der Waals surface area contributed by atoms with E-state index in [1.807, 2.05) is 33.8 Å². The van der Waals surface area contributed by atoms with Crippen molar-refractivity contribution < 1.29 is 4.79 Å². The summed E-state index contributed by atoms with van der Waals surface area (Å²) in [4.78, 5) is 11.5. The van der Waals surface area contributed by atoms with Gasteiger partial charge in [-0.2, -0.15) is 0 Å². The van der Waals surface area contributed by atoms with Crippen molar-refractivity contribution in [2.45, 2.75) is 40.2 Å². The van der Waals surface area contributed by atoms with E-state index in [1.165, 1.54) is 0 Å². The Kier molecular flexibility index (Phi) is 5.48. The van der Waals surface area contributed by atoms with E-state index < -0.39 is 0 Å². The first-order valence-electron chi connectivity index (χ1n) is 6.20. The first-order chi connectivity index (χ1) is 8.40. The van der Waals surface area contributed by atoms with Crippen molar-refractivity contribution in [1.29, 1.82) is 0 Å². The van der Waals surface area contributed by atoms with E-state index in [1.54, 1.807) is 0 Å². The molecule has 0 aliphatic heterocycles. The molecule has 18 heavy (non-hydrogen) atoms. The summed E-state index contributed by atoms with van der Waals surface area (Å²) in [6.07, 6.45) is 0.446. The van der Waals surface area contributed by atoms with E-state index in [2.05, 4.69) is 16.7 Å². The topological polar surface area (TPSA) is 41.1 Å². The van der Waals surface area contributed by atoms with Crippen molar-refractivity contribution >= 4 is 23.2 Å². The smallest absolute Gasteiger partial charge is 0.221 e. The Labute approximate surface area is 114 Å². The molecule has 0 unspecified atom stereocenters. The van der Waals surface area contributed by atoms with Crippen LogP contribution in [-0.4, -0.2) is 18.5 Å². The molecule has 0 radical (unpaired) electrons.